The second-order valence-corrected chi connectivity index (χ2v) is 3.06. The van der Waals surface area contributed by atoms with Gasteiger partial charge in [-0.25, -0.2) is 0 Å². The molecule has 16 heavy (non-hydrogen) atoms. The van der Waals surface area contributed by atoms with Gasteiger partial charge in [0, 0.05) is 17.5 Å². The largest absolute Gasteiger partial charge is 0.496 e. The molecule has 80 valence electrons. The van der Waals surface area contributed by atoms with Gasteiger partial charge < -0.3 is 10.1 Å². The maximum Gasteiger partial charge on any atom is 0.145 e. The molecule has 1 aromatic rings. The van der Waals surface area contributed by atoms with Crippen molar-refractivity contribution in [3.8, 4) is 17.9 Å². The van der Waals surface area contributed by atoms with E-state index in [9.17, 15) is 0 Å². The van der Waals surface area contributed by atoms with Crippen LogP contribution in [0.2, 0.25) is 0 Å². The first-order valence-electron chi connectivity index (χ1n) is 4.63. The Kier molecular flexibility index (Phi) is 3.94. The van der Waals surface area contributed by atoms with Crippen molar-refractivity contribution in [3.05, 3.63) is 35.5 Å². The first kappa shape index (κ1) is 11.6. The van der Waals surface area contributed by atoms with Crippen LogP contribution in [0.1, 0.15) is 5.56 Å². The summed E-state index contributed by atoms with van der Waals surface area (Å²) in [5.74, 6) is 0.758. The van der Waals surface area contributed by atoms with Crippen LogP contribution in [0.25, 0.3) is 0 Å². The Morgan fingerprint density at radius 3 is 2.62 bits per heavy atom. The molecule has 1 aromatic carbocycles. The molecule has 0 saturated carbocycles. The maximum absolute atomic E-state index is 8.57. The molecule has 0 aliphatic heterocycles. The van der Waals surface area contributed by atoms with Gasteiger partial charge in [0.2, 0.25) is 0 Å². The summed E-state index contributed by atoms with van der Waals surface area (Å²) in [7, 11) is 1.60. The summed E-state index contributed by atoms with van der Waals surface area (Å²) in [5, 5.41) is 20.0. The Labute approximate surface area is 94.4 Å². The van der Waals surface area contributed by atoms with Gasteiger partial charge in [-0.05, 0) is 19.1 Å². The van der Waals surface area contributed by atoms with Crippen LogP contribution in [-0.4, -0.2) is 7.11 Å². The van der Waals surface area contributed by atoms with E-state index in [0.29, 0.717) is 0 Å². The molecule has 0 atom stereocenters. The third-order valence-electron chi connectivity index (χ3n) is 2.12. The first-order valence-corrected chi connectivity index (χ1v) is 4.63. The van der Waals surface area contributed by atoms with Crippen LogP contribution in [0.15, 0.2) is 30.0 Å². The van der Waals surface area contributed by atoms with Gasteiger partial charge in [-0.3, -0.25) is 0 Å². The molecule has 0 aromatic heterocycles. The van der Waals surface area contributed by atoms with Crippen molar-refractivity contribution >= 4 is 5.69 Å². The Balaban J connectivity index is 2.96. The second kappa shape index (κ2) is 5.43. The summed E-state index contributed by atoms with van der Waals surface area (Å²) < 4.78 is 5.15. The van der Waals surface area contributed by atoms with Gasteiger partial charge in [0.1, 0.15) is 23.5 Å². The number of benzene rings is 1. The highest BCUT2D eigenvalue weighted by Crippen LogP contribution is 2.24. The van der Waals surface area contributed by atoms with E-state index in [1.54, 1.807) is 19.2 Å². The summed E-state index contributed by atoms with van der Waals surface area (Å²) in [6.45, 7) is 1.90. The van der Waals surface area contributed by atoms with E-state index >= 15 is 0 Å². The second-order valence-electron chi connectivity index (χ2n) is 3.06. The van der Waals surface area contributed by atoms with Crippen LogP contribution >= 0.6 is 0 Å². The number of anilines is 1. The molecule has 0 radical (unpaired) electrons. The van der Waals surface area contributed by atoms with E-state index in [-0.39, 0.29) is 5.57 Å². The van der Waals surface area contributed by atoms with Crippen molar-refractivity contribution in [1.82, 2.24) is 0 Å². The van der Waals surface area contributed by atoms with Crippen LogP contribution in [0, 0.1) is 29.6 Å². The van der Waals surface area contributed by atoms with Crippen molar-refractivity contribution in [3.63, 3.8) is 0 Å². The Bertz CT molecular complexity index is 476. The predicted molar refractivity (Wildman–Crippen MR) is 60.7 cm³/mol. The van der Waals surface area contributed by atoms with Gasteiger partial charge in [-0.2, -0.15) is 10.5 Å². The molecule has 1 rings (SSSR count). The minimum atomic E-state index is 0.0298. The SMILES string of the molecule is COc1cccc(NC=C(C#N)C#N)c1C. The summed E-state index contributed by atoms with van der Waals surface area (Å²) in [6, 6.07) is 9.08. The third kappa shape index (κ3) is 2.52. The molecule has 0 saturated heterocycles. The highest BCUT2D eigenvalue weighted by molar-refractivity contribution is 5.59. The number of nitrogens with zero attached hydrogens (tertiary/aromatic N) is 2. The van der Waals surface area contributed by atoms with Crippen LogP contribution in [0.5, 0.6) is 5.75 Å². The molecule has 1 N–H and O–H groups in total. The summed E-state index contributed by atoms with van der Waals surface area (Å²) >= 11 is 0. The van der Waals surface area contributed by atoms with E-state index in [1.165, 1.54) is 6.20 Å². The fourth-order valence-electron chi connectivity index (χ4n) is 1.23. The fraction of sp³-hybridized carbons (Fsp3) is 0.167. The standard InChI is InChI=1S/C12H11N3O/c1-9-11(4-3-5-12(9)16-2)15-8-10(6-13)7-14/h3-5,8,15H,1-2H3. The van der Waals surface area contributed by atoms with E-state index in [2.05, 4.69) is 5.32 Å². The average molecular weight is 213 g/mol. The number of hydrogen-bond acceptors (Lipinski definition) is 4. The Hall–Kier alpha value is -2.46. The molecule has 0 aliphatic rings. The molecule has 0 aliphatic carbocycles. The summed E-state index contributed by atoms with van der Waals surface area (Å²) in [4.78, 5) is 0. The number of hydrogen-bond donors (Lipinski definition) is 1. The topological polar surface area (TPSA) is 68.8 Å². The van der Waals surface area contributed by atoms with Gasteiger partial charge in [0.25, 0.3) is 0 Å². The minimum Gasteiger partial charge on any atom is -0.496 e. The molecule has 4 nitrogen and oxygen atoms in total. The fourth-order valence-corrected chi connectivity index (χ4v) is 1.23. The lowest BCUT2D eigenvalue weighted by Crippen LogP contribution is -1.95. The van der Waals surface area contributed by atoms with Gasteiger partial charge >= 0.3 is 0 Å². The van der Waals surface area contributed by atoms with E-state index < -0.39 is 0 Å². The van der Waals surface area contributed by atoms with Gasteiger partial charge in [-0.1, -0.05) is 6.07 Å². The number of rotatable bonds is 3. The number of methoxy groups -OCH3 is 1. The first-order chi connectivity index (χ1) is 7.72. The number of nitriles is 2. The highest BCUT2D eigenvalue weighted by Gasteiger charge is 2.02. The molecular weight excluding hydrogens is 202 g/mol. The highest BCUT2D eigenvalue weighted by atomic mass is 16.5. The molecule has 0 fully saturated rings. The third-order valence-corrected chi connectivity index (χ3v) is 2.12. The lowest BCUT2D eigenvalue weighted by Gasteiger charge is -2.09. The van der Waals surface area contributed by atoms with Gasteiger partial charge in [0.15, 0.2) is 0 Å². The zero-order chi connectivity index (χ0) is 12.0. The van der Waals surface area contributed by atoms with E-state index in [1.807, 2.05) is 25.1 Å². The quantitative estimate of drug-likeness (QED) is 0.782. The number of ether oxygens (including phenoxy) is 1. The predicted octanol–water partition coefficient (Wildman–Crippen LogP) is 2.35. The van der Waals surface area contributed by atoms with Crippen LogP contribution in [-0.2, 0) is 0 Å². The Morgan fingerprint density at radius 1 is 1.38 bits per heavy atom. The lowest BCUT2D eigenvalue weighted by molar-refractivity contribution is 0.412. The lowest BCUT2D eigenvalue weighted by atomic mass is 10.2. The maximum atomic E-state index is 8.57. The molecule has 4 heteroatoms. The van der Waals surface area contributed by atoms with E-state index in [0.717, 1.165) is 17.0 Å². The average Bonchev–Trinajstić information content (AvgIpc) is 2.32. The number of allylic oxidation sites excluding steroid dienone is 1. The van der Waals surface area contributed by atoms with Crippen LogP contribution in [0.3, 0.4) is 0 Å². The summed E-state index contributed by atoms with van der Waals surface area (Å²) in [5.41, 5.74) is 1.76. The smallest absolute Gasteiger partial charge is 0.145 e. The summed E-state index contributed by atoms with van der Waals surface area (Å²) in [6.07, 6.45) is 1.38. The van der Waals surface area contributed by atoms with Gasteiger partial charge in [0.05, 0.1) is 7.11 Å². The van der Waals surface area contributed by atoms with Crippen molar-refractivity contribution in [2.75, 3.05) is 12.4 Å². The normalized spacial score (nSPS) is 8.50. The molecular formula is C12H11N3O. The van der Waals surface area contributed by atoms with Crippen molar-refractivity contribution in [2.24, 2.45) is 0 Å². The van der Waals surface area contributed by atoms with Gasteiger partial charge in [-0.15, -0.1) is 0 Å². The van der Waals surface area contributed by atoms with Crippen molar-refractivity contribution < 1.29 is 4.74 Å². The van der Waals surface area contributed by atoms with Crippen LogP contribution in [0.4, 0.5) is 5.69 Å². The Morgan fingerprint density at radius 2 is 2.06 bits per heavy atom. The molecule has 0 spiro atoms. The molecule has 0 amide bonds. The zero-order valence-electron chi connectivity index (χ0n) is 9.11. The van der Waals surface area contributed by atoms with Crippen molar-refractivity contribution in [1.29, 1.82) is 10.5 Å². The van der Waals surface area contributed by atoms with Crippen LogP contribution < -0.4 is 10.1 Å². The minimum absolute atomic E-state index is 0.0298. The van der Waals surface area contributed by atoms with Crippen molar-refractivity contribution in [2.45, 2.75) is 6.92 Å². The monoisotopic (exact) mass is 213 g/mol. The molecule has 0 bridgehead atoms. The zero-order valence-corrected chi connectivity index (χ0v) is 9.11. The molecule has 0 unspecified atom stereocenters. The van der Waals surface area contributed by atoms with E-state index in [4.69, 9.17) is 15.3 Å². The number of nitrogens with one attached hydrogen (secondary N) is 1. The molecule has 0 heterocycles.